The molecule has 2 aromatic rings. The molecule has 5 rings (SSSR count). The molecule has 3 aliphatic rings. The molecule has 0 unspecified atom stereocenters. The van der Waals surface area contributed by atoms with E-state index >= 15 is 0 Å². The molecule has 3 saturated heterocycles. The van der Waals surface area contributed by atoms with Crippen LogP contribution in [-0.2, 0) is 9.53 Å². The minimum Gasteiger partial charge on any atom is -0.376 e. The number of carbonyl (C=O) groups is 1. The highest BCUT2D eigenvalue weighted by molar-refractivity contribution is 8.18. The average molecular weight is 448 g/mol. The number of amides is 1. The summed E-state index contributed by atoms with van der Waals surface area (Å²) in [5.74, 6) is 0.0142. The van der Waals surface area contributed by atoms with Crippen LogP contribution in [0.25, 0.3) is 6.08 Å². The van der Waals surface area contributed by atoms with Gasteiger partial charge in [0.15, 0.2) is 5.17 Å². The molecule has 32 heavy (non-hydrogen) atoms. The van der Waals surface area contributed by atoms with Gasteiger partial charge in [-0.1, -0.05) is 30.3 Å². The summed E-state index contributed by atoms with van der Waals surface area (Å²) in [5.41, 5.74) is 3.16. The second-order valence-corrected chi connectivity index (χ2v) is 9.54. The molecule has 3 aliphatic heterocycles. The largest absolute Gasteiger partial charge is 0.376 e. The molecule has 5 nitrogen and oxygen atoms in total. The van der Waals surface area contributed by atoms with Gasteiger partial charge in [0.1, 0.15) is 0 Å². The normalized spacial score (nSPS) is 24.1. The van der Waals surface area contributed by atoms with Crippen molar-refractivity contribution in [2.24, 2.45) is 4.99 Å². The van der Waals surface area contributed by atoms with Crippen LogP contribution < -0.4 is 4.90 Å². The Balaban J connectivity index is 1.37. The third-order valence-corrected chi connectivity index (χ3v) is 7.20. The van der Waals surface area contributed by atoms with Crippen LogP contribution in [0.1, 0.15) is 37.7 Å². The van der Waals surface area contributed by atoms with Crippen molar-refractivity contribution in [3.63, 3.8) is 0 Å². The van der Waals surface area contributed by atoms with E-state index in [1.807, 2.05) is 36.4 Å². The Bertz CT molecular complexity index is 991. The highest BCUT2D eigenvalue weighted by Crippen LogP contribution is 2.35. The lowest BCUT2D eigenvalue weighted by Crippen LogP contribution is -2.36. The number of carbonyl (C=O) groups excluding carboxylic acids is 1. The molecular formula is C26H29N3O2S. The second kappa shape index (κ2) is 9.92. The zero-order chi connectivity index (χ0) is 21.8. The smallest absolute Gasteiger partial charge is 0.266 e. The van der Waals surface area contributed by atoms with Crippen molar-refractivity contribution in [3.8, 4) is 0 Å². The first kappa shape index (κ1) is 21.3. The number of amidine groups is 1. The topological polar surface area (TPSA) is 45.1 Å². The van der Waals surface area contributed by atoms with Gasteiger partial charge in [0.25, 0.3) is 5.91 Å². The third-order valence-electron chi connectivity index (χ3n) is 6.19. The molecule has 3 heterocycles. The van der Waals surface area contributed by atoms with Crippen molar-refractivity contribution in [3.05, 3.63) is 65.1 Å². The first-order valence-electron chi connectivity index (χ1n) is 11.6. The molecule has 0 spiro atoms. The summed E-state index contributed by atoms with van der Waals surface area (Å²) in [7, 11) is 0. The summed E-state index contributed by atoms with van der Waals surface area (Å²) < 4.78 is 5.80. The van der Waals surface area contributed by atoms with Crippen molar-refractivity contribution >= 4 is 40.3 Å². The van der Waals surface area contributed by atoms with Crippen LogP contribution in [0.4, 0.5) is 11.4 Å². The molecule has 6 heteroatoms. The fourth-order valence-electron chi connectivity index (χ4n) is 4.44. The molecule has 1 atom stereocenters. The number of hydrogen-bond donors (Lipinski definition) is 0. The molecule has 0 N–H and O–H groups in total. The number of piperidine rings is 1. The minimum absolute atomic E-state index is 0.0142. The molecule has 0 saturated carbocycles. The van der Waals surface area contributed by atoms with Crippen molar-refractivity contribution in [2.45, 2.75) is 38.2 Å². The summed E-state index contributed by atoms with van der Waals surface area (Å²) in [5, 5.41) is 0.730. The van der Waals surface area contributed by atoms with Crippen LogP contribution in [0, 0.1) is 0 Å². The standard InChI is InChI=1S/C26H29N3O2S/c30-25-24(18-20-11-13-22(14-12-20)28-15-5-2-6-16-28)32-26(27-21-8-3-1-4-9-21)29(25)19-23-10-7-17-31-23/h1,3-4,8-9,11-14,18,23H,2,5-7,10,15-17,19H2/b24-18-,27-26?/t23-/m1/s1. The lowest BCUT2D eigenvalue weighted by molar-refractivity contribution is -0.123. The predicted octanol–water partition coefficient (Wildman–Crippen LogP) is 5.46. The van der Waals surface area contributed by atoms with Crippen molar-refractivity contribution in [1.82, 2.24) is 4.90 Å². The number of aliphatic imine (C=N–C) groups is 1. The Kier molecular flexibility index (Phi) is 6.60. The van der Waals surface area contributed by atoms with Gasteiger partial charge < -0.3 is 9.64 Å². The Morgan fingerprint density at radius 2 is 1.78 bits per heavy atom. The summed E-state index contributed by atoms with van der Waals surface area (Å²) in [6.45, 7) is 3.60. The van der Waals surface area contributed by atoms with Gasteiger partial charge in [-0.2, -0.15) is 0 Å². The lowest BCUT2D eigenvalue weighted by Gasteiger charge is -2.28. The summed E-state index contributed by atoms with van der Waals surface area (Å²) in [6.07, 6.45) is 7.98. The van der Waals surface area contributed by atoms with Crippen LogP contribution in [-0.4, -0.2) is 48.3 Å². The number of benzene rings is 2. The number of hydrogen-bond acceptors (Lipinski definition) is 5. The van der Waals surface area contributed by atoms with Gasteiger partial charge in [0.05, 0.1) is 23.2 Å². The van der Waals surface area contributed by atoms with Gasteiger partial charge in [-0.3, -0.25) is 9.69 Å². The number of rotatable bonds is 5. The summed E-state index contributed by atoms with van der Waals surface area (Å²) >= 11 is 1.45. The van der Waals surface area contributed by atoms with Crippen LogP contribution in [0.3, 0.4) is 0 Å². The van der Waals surface area contributed by atoms with E-state index in [1.54, 1.807) is 4.90 Å². The van der Waals surface area contributed by atoms with E-state index < -0.39 is 0 Å². The summed E-state index contributed by atoms with van der Waals surface area (Å²) in [6, 6.07) is 18.4. The van der Waals surface area contributed by atoms with E-state index in [4.69, 9.17) is 9.73 Å². The highest BCUT2D eigenvalue weighted by atomic mass is 32.2. The SMILES string of the molecule is O=C1/C(=C/c2ccc(N3CCCCC3)cc2)SC(=Nc2ccccc2)N1C[C@H]1CCCO1. The minimum atomic E-state index is 0.0142. The maximum Gasteiger partial charge on any atom is 0.266 e. The maximum atomic E-state index is 13.3. The van der Waals surface area contributed by atoms with Crippen LogP contribution in [0.15, 0.2) is 64.5 Å². The average Bonchev–Trinajstić information content (AvgIpc) is 3.45. The number of thioether (sulfide) groups is 1. The van der Waals surface area contributed by atoms with Gasteiger partial charge in [0.2, 0.25) is 0 Å². The monoisotopic (exact) mass is 447 g/mol. The Hall–Kier alpha value is -2.57. The number of para-hydroxylation sites is 1. The molecule has 0 radical (unpaired) electrons. The molecular weight excluding hydrogens is 418 g/mol. The molecule has 166 valence electrons. The summed E-state index contributed by atoms with van der Waals surface area (Å²) in [4.78, 5) is 23.0. The zero-order valence-electron chi connectivity index (χ0n) is 18.3. The third kappa shape index (κ3) is 4.92. The van der Waals surface area contributed by atoms with Crippen LogP contribution >= 0.6 is 11.8 Å². The van der Waals surface area contributed by atoms with Crippen LogP contribution in [0.5, 0.6) is 0 Å². The van der Waals surface area contributed by atoms with E-state index in [0.717, 1.165) is 49.0 Å². The van der Waals surface area contributed by atoms with Gasteiger partial charge in [-0.25, -0.2) is 4.99 Å². The number of nitrogens with zero attached hydrogens (tertiary/aromatic N) is 3. The first-order chi connectivity index (χ1) is 15.8. The van der Waals surface area contributed by atoms with Gasteiger partial charge in [-0.05, 0) is 79.8 Å². The lowest BCUT2D eigenvalue weighted by atomic mass is 10.1. The molecule has 3 fully saturated rings. The Morgan fingerprint density at radius 1 is 1.00 bits per heavy atom. The fraction of sp³-hybridized carbons (Fsp3) is 0.385. The molecule has 2 aromatic carbocycles. The molecule has 0 aromatic heterocycles. The Labute approximate surface area is 194 Å². The highest BCUT2D eigenvalue weighted by Gasteiger charge is 2.35. The van der Waals surface area contributed by atoms with E-state index in [9.17, 15) is 4.79 Å². The van der Waals surface area contributed by atoms with E-state index in [1.165, 1.54) is 36.7 Å². The van der Waals surface area contributed by atoms with Crippen molar-refractivity contribution in [1.29, 1.82) is 0 Å². The second-order valence-electron chi connectivity index (χ2n) is 8.53. The van der Waals surface area contributed by atoms with Crippen molar-refractivity contribution < 1.29 is 9.53 Å². The van der Waals surface area contributed by atoms with E-state index in [-0.39, 0.29) is 12.0 Å². The zero-order valence-corrected chi connectivity index (χ0v) is 19.1. The number of anilines is 1. The molecule has 1 amide bonds. The first-order valence-corrected chi connectivity index (χ1v) is 12.4. The molecule has 0 bridgehead atoms. The fourth-order valence-corrected chi connectivity index (χ4v) is 5.45. The van der Waals surface area contributed by atoms with E-state index in [0.29, 0.717) is 11.4 Å². The van der Waals surface area contributed by atoms with Gasteiger partial charge in [-0.15, -0.1) is 0 Å². The van der Waals surface area contributed by atoms with Gasteiger partial charge >= 0.3 is 0 Å². The maximum absolute atomic E-state index is 13.3. The quantitative estimate of drug-likeness (QED) is 0.571. The predicted molar refractivity (Wildman–Crippen MR) is 132 cm³/mol. The van der Waals surface area contributed by atoms with E-state index in [2.05, 4.69) is 29.2 Å². The molecule has 0 aliphatic carbocycles. The van der Waals surface area contributed by atoms with Crippen molar-refractivity contribution in [2.75, 3.05) is 31.1 Å². The van der Waals surface area contributed by atoms with Gasteiger partial charge in [0, 0.05) is 25.4 Å². The Morgan fingerprint density at radius 3 is 2.50 bits per heavy atom. The number of ether oxygens (including phenoxy) is 1. The van der Waals surface area contributed by atoms with Crippen LogP contribution in [0.2, 0.25) is 0 Å².